The number of quaternary nitrogens is 1. The first-order valence-electron chi connectivity index (χ1n) is 4.17. The Morgan fingerprint density at radius 2 is 1.82 bits per heavy atom. The lowest BCUT2D eigenvalue weighted by Crippen LogP contribution is -2.47. The summed E-state index contributed by atoms with van der Waals surface area (Å²) < 4.78 is 69.1. The van der Waals surface area contributed by atoms with E-state index in [1.807, 2.05) is 0 Å². The molecule has 1 aromatic rings. The first-order chi connectivity index (χ1) is 7.54. The van der Waals surface area contributed by atoms with Gasteiger partial charge in [-0.3, -0.25) is 4.55 Å². The lowest BCUT2D eigenvalue weighted by molar-refractivity contribution is -0.386. The highest BCUT2D eigenvalue weighted by Gasteiger charge is 2.30. The highest BCUT2D eigenvalue weighted by molar-refractivity contribution is 7.79. The Labute approximate surface area is 95.6 Å². The average molecular weight is 273 g/mol. The molecule has 0 saturated heterocycles. The van der Waals surface area contributed by atoms with Crippen LogP contribution in [0.25, 0.3) is 0 Å². The van der Waals surface area contributed by atoms with Crippen LogP contribution in [0.5, 0.6) is 0 Å². The van der Waals surface area contributed by atoms with E-state index in [9.17, 15) is 13.2 Å². The largest absolute Gasteiger partial charge is 0.726 e. The molecular weight excluding hydrogens is 263 g/mol. The molecule has 0 aromatic heterocycles. The molecule has 4 N–H and O–H groups in total. The molecule has 98 valence electrons. The lowest BCUT2D eigenvalue weighted by atomic mass is 10.1. The molecule has 5 nitrogen and oxygen atoms in total. The molecule has 1 aromatic carbocycles. The second-order valence-corrected chi connectivity index (χ2v) is 3.73. The second kappa shape index (κ2) is 5.96. The van der Waals surface area contributed by atoms with E-state index in [0.717, 1.165) is 12.1 Å². The van der Waals surface area contributed by atoms with Crippen LogP contribution in [0.1, 0.15) is 11.1 Å². The third-order valence-corrected chi connectivity index (χ3v) is 1.54. The summed E-state index contributed by atoms with van der Waals surface area (Å²) in [7, 11) is -4.92. The van der Waals surface area contributed by atoms with Gasteiger partial charge in [0.25, 0.3) is 0 Å². The number of alkyl halides is 3. The van der Waals surface area contributed by atoms with Gasteiger partial charge in [-0.1, -0.05) is 12.1 Å². The van der Waals surface area contributed by atoms with Gasteiger partial charge in [0.1, 0.15) is 0 Å². The molecule has 1 rings (SSSR count). The van der Waals surface area contributed by atoms with Gasteiger partial charge >= 0.3 is 6.18 Å². The van der Waals surface area contributed by atoms with Crippen LogP contribution in [0.3, 0.4) is 0 Å². The van der Waals surface area contributed by atoms with Gasteiger partial charge in [0, 0.05) is 5.56 Å². The van der Waals surface area contributed by atoms with Gasteiger partial charge in [-0.25, -0.2) is 8.42 Å². The minimum absolute atomic E-state index is 0.379. The molecule has 0 aliphatic carbocycles. The topological polar surface area (TPSA) is 105 Å². The quantitative estimate of drug-likeness (QED) is 0.572. The summed E-state index contributed by atoms with van der Waals surface area (Å²) in [6, 6.07) is 5.19. The molecule has 0 radical (unpaired) electrons. The Morgan fingerprint density at radius 3 is 2.18 bits per heavy atom. The first-order valence-corrected chi connectivity index (χ1v) is 5.54. The third-order valence-electron chi connectivity index (χ3n) is 1.54. The van der Waals surface area contributed by atoms with E-state index < -0.39 is 22.1 Å². The minimum atomic E-state index is -4.92. The molecule has 0 amide bonds. The highest BCUT2D eigenvalue weighted by atomic mass is 32.3. The summed E-state index contributed by atoms with van der Waals surface area (Å²) in [4.78, 5) is 0. The van der Waals surface area contributed by atoms with Crippen LogP contribution in [-0.2, 0) is 23.1 Å². The van der Waals surface area contributed by atoms with Crippen LogP contribution in [-0.4, -0.2) is 17.5 Å². The fourth-order valence-corrected chi connectivity index (χ4v) is 0.903. The van der Waals surface area contributed by atoms with Crippen molar-refractivity contribution in [3.05, 3.63) is 35.4 Å². The molecule has 0 aliphatic rings. The van der Waals surface area contributed by atoms with Crippen molar-refractivity contribution in [3.63, 3.8) is 0 Å². The van der Waals surface area contributed by atoms with Crippen LogP contribution < -0.4 is 5.73 Å². The molecule has 0 spiro atoms. The summed E-state index contributed by atoms with van der Waals surface area (Å²) in [6.07, 6.45) is -4.24. The van der Waals surface area contributed by atoms with E-state index in [-0.39, 0.29) is 0 Å². The van der Waals surface area contributed by atoms with Gasteiger partial charge in [0.05, 0.1) is 12.1 Å². The molecule has 0 atom stereocenters. The highest BCUT2D eigenvalue weighted by Crippen LogP contribution is 2.29. The predicted molar refractivity (Wildman–Crippen MR) is 50.4 cm³/mol. The Morgan fingerprint density at radius 1 is 1.35 bits per heavy atom. The van der Waals surface area contributed by atoms with Crippen LogP contribution in [0.4, 0.5) is 13.2 Å². The summed E-state index contributed by atoms with van der Waals surface area (Å²) in [6.45, 7) is 0.379. The zero-order valence-corrected chi connectivity index (χ0v) is 9.25. The molecule has 0 bridgehead atoms. The van der Waals surface area contributed by atoms with Gasteiger partial charge in [0.2, 0.25) is 10.4 Å². The van der Waals surface area contributed by atoms with Crippen molar-refractivity contribution in [1.82, 2.24) is 0 Å². The van der Waals surface area contributed by atoms with E-state index in [1.54, 1.807) is 6.07 Å². The molecule has 0 heterocycles. The number of halogens is 3. The lowest BCUT2D eigenvalue weighted by Gasteiger charge is -2.06. The van der Waals surface area contributed by atoms with Crippen molar-refractivity contribution >= 4 is 10.4 Å². The maximum Gasteiger partial charge on any atom is 0.416 e. The van der Waals surface area contributed by atoms with Crippen molar-refractivity contribution in [2.24, 2.45) is 0 Å². The maximum atomic E-state index is 12.1. The zero-order chi connectivity index (χ0) is 13.7. The monoisotopic (exact) mass is 273 g/mol. The van der Waals surface area contributed by atoms with Crippen molar-refractivity contribution < 1.29 is 36.4 Å². The first kappa shape index (κ1) is 15.8. The fraction of sp³-hybridized carbons (Fsp3) is 0.250. The van der Waals surface area contributed by atoms with Crippen molar-refractivity contribution in [1.29, 1.82) is 0 Å². The maximum absolute atomic E-state index is 12.1. The van der Waals surface area contributed by atoms with E-state index in [2.05, 4.69) is 5.73 Å². The molecule has 0 unspecified atom stereocenters. The average Bonchev–Trinajstić information content (AvgIpc) is 2.14. The number of rotatable bonds is 1. The zero-order valence-electron chi connectivity index (χ0n) is 8.44. The Hall–Kier alpha value is -1.16. The number of hydrogen-bond acceptors (Lipinski definition) is 3. The van der Waals surface area contributed by atoms with Gasteiger partial charge in [0.15, 0.2) is 0 Å². The molecule has 0 fully saturated rings. The van der Waals surface area contributed by atoms with Crippen molar-refractivity contribution in [2.45, 2.75) is 12.7 Å². The van der Waals surface area contributed by atoms with E-state index in [4.69, 9.17) is 17.5 Å². The predicted octanol–water partition coefficient (Wildman–Crippen LogP) is 0.452. The standard InChI is InChI=1S/C8H8F3N.H2O4S/c9-8(10,11)7-3-1-2-6(4-7)5-12;1-5(2,3)4/h1-4H,5,12H2;(H2,1,2,3,4). The molecule has 17 heavy (non-hydrogen) atoms. The van der Waals surface area contributed by atoms with Crippen molar-refractivity contribution in [2.75, 3.05) is 0 Å². The normalized spacial score (nSPS) is 11.6. The minimum Gasteiger partial charge on any atom is -0.726 e. The van der Waals surface area contributed by atoms with Crippen LogP contribution in [0.15, 0.2) is 24.3 Å². The molecule has 0 saturated carbocycles. The van der Waals surface area contributed by atoms with Gasteiger partial charge in [-0.05, 0) is 12.1 Å². The summed E-state index contributed by atoms with van der Waals surface area (Å²) in [5.74, 6) is 0. The molecular formula is C8H10F3NO4S. The number of hydrogen-bond donors (Lipinski definition) is 2. The fourth-order valence-electron chi connectivity index (χ4n) is 0.903. The summed E-state index contributed by atoms with van der Waals surface area (Å²) >= 11 is 0. The smallest absolute Gasteiger partial charge is 0.416 e. The number of benzene rings is 1. The SMILES string of the molecule is O=S(=O)([O-])O.[NH3+]Cc1cccc(C(F)(F)F)c1. The van der Waals surface area contributed by atoms with E-state index >= 15 is 0 Å². The Bertz CT molecular complexity index is 450. The van der Waals surface area contributed by atoms with Gasteiger partial charge < -0.3 is 10.3 Å². The second-order valence-electron chi connectivity index (χ2n) is 2.88. The van der Waals surface area contributed by atoms with Crippen LogP contribution in [0, 0.1) is 0 Å². The van der Waals surface area contributed by atoms with Crippen LogP contribution >= 0.6 is 0 Å². The van der Waals surface area contributed by atoms with Crippen LogP contribution in [0.2, 0.25) is 0 Å². The molecule has 9 heteroatoms. The molecule has 0 aliphatic heterocycles. The van der Waals surface area contributed by atoms with Gasteiger partial charge in [-0.15, -0.1) is 0 Å². The summed E-state index contributed by atoms with van der Waals surface area (Å²) in [5, 5.41) is 0. The Balaban J connectivity index is 0.000000437. The van der Waals surface area contributed by atoms with Crippen molar-refractivity contribution in [3.8, 4) is 0 Å². The van der Waals surface area contributed by atoms with Gasteiger partial charge in [-0.2, -0.15) is 13.2 Å². The van der Waals surface area contributed by atoms with E-state index in [0.29, 0.717) is 12.1 Å². The van der Waals surface area contributed by atoms with E-state index in [1.165, 1.54) is 6.07 Å². The Kier molecular flexibility index (Phi) is 5.55. The third kappa shape index (κ3) is 8.63. The summed E-state index contributed by atoms with van der Waals surface area (Å²) in [5.41, 5.74) is 3.51.